The van der Waals surface area contributed by atoms with Gasteiger partial charge in [-0.3, -0.25) is 9.59 Å². The molecule has 1 aliphatic heterocycles. The molecule has 0 aliphatic carbocycles. The van der Waals surface area contributed by atoms with E-state index in [4.69, 9.17) is 16.4 Å². The van der Waals surface area contributed by atoms with Crippen molar-refractivity contribution < 1.29 is 19.2 Å². The van der Waals surface area contributed by atoms with E-state index in [2.05, 4.69) is 0 Å². The minimum atomic E-state index is -0.672. The average Bonchev–Trinajstić information content (AvgIpc) is 2.81. The Balaban J connectivity index is 1.82. The van der Waals surface area contributed by atoms with E-state index in [0.717, 1.165) is 0 Å². The number of benzene rings is 2. The van der Waals surface area contributed by atoms with Gasteiger partial charge in [0.25, 0.3) is 11.8 Å². The van der Waals surface area contributed by atoms with Crippen LogP contribution in [-0.4, -0.2) is 22.8 Å². The molecule has 0 spiro atoms. The van der Waals surface area contributed by atoms with Crippen LogP contribution in [0.2, 0.25) is 5.02 Å². The first-order valence-corrected chi connectivity index (χ1v) is 7.85. The molecule has 0 saturated carbocycles. The maximum absolute atomic E-state index is 12.5. The zero-order chi connectivity index (χ0) is 17.3. The Morgan fingerprint density at radius 3 is 2.25 bits per heavy atom. The summed E-state index contributed by atoms with van der Waals surface area (Å²) in [4.78, 5) is 42.1. The van der Waals surface area contributed by atoms with Gasteiger partial charge in [-0.15, -0.1) is 0 Å². The first-order chi connectivity index (χ1) is 11.5. The smallest absolute Gasteiger partial charge is 0.329 e. The summed E-state index contributed by atoms with van der Waals surface area (Å²) < 4.78 is 0. The van der Waals surface area contributed by atoms with Gasteiger partial charge in [0, 0.05) is 5.02 Å². The molecule has 0 bridgehead atoms. The molecule has 2 amide bonds. The molecule has 1 heterocycles. The van der Waals surface area contributed by atoms with Crippen molar-refractivity contribution in [1.82, 2.24) is 5.06 Å². The second-order valence-electron chi connectivity index (χ2n) is 5.38. The van der Waals surface area contributed by atoms with Crippen molar-refractivity contribution in [3.63, 3.8) is 0 Å². The van der Waals surface area contributed by atoms with Crippen molar-refractivity contribution in [2.45, 2.75) is 19.3 Å². The molecule has 2 aromatic rings. The van der Waals surface area contributed by atoms with Crippen molar-refractivity contribution in [2.24, 2.45) is 0 Å². The highest BCUT2D eigenvalue weighted by Gasteiger charge is 2.39. The van der Waals surface area contributed by atoms with E-state index in [1.807, 2.05) is 6.92 Å². The Morgan fingerprint density at radius 1 is 1.08 bits per heavy atom. The van der Waals surface area contributed by atoms with Gasteiger partial charge < -0.3 is 4.84 Å². The number of hydrogen-bond acceptors (Lipinski definition) is 4. The molecular weight excluding hydrogens is 330 g/mol. The van der Waals surface area contributed by atoms with Gasteiger partial charge in [0.15, 0.2) is 0 Å². The third-order valence-electron chi connectivity index (χ3n) is 3.88. The van der Waals surface area contributed by atoms with Crippen LogP contribution in [0.4, 0.5) is 0 Å². The number of amides is 2. The molecule has 1 aliphatic rings. The van der Waals surface area contributed by atoms with E-state index in [1.165, 1.54) is 12.1 Å². The summed E-state index contributed by atoms with van der Waals surface area (Å²) in [6, 6.07) is 13.2. The Bertz CT molecular complexity index is 798. The van der Waals surface area contributed by atoms with E-state index >= 15 is 0 Å². The van der Waals surface area contributed by atoms with Crippen LogP contribution < -0.4 is 0 Å². The number of carbonyl (C=O) groups is 3. The monoisotopic (exact) mass is 343 g/mol. The van der Waals surface area contributed by atoms with Gasteiger partial charge in [-0.25, -0.2) is 4.79 Å². The fourth-order valence-electron chi connectivity index (χ4n) is 2.67. The molecule has 0 radical (unpaired) electrons. The lowest BCUT2D eigenvalue weighted by Gasteiger charge is -2.18. The Kier molecular flexibility index (Phi) is 4.36. The molecule has 0 aromatic heterocycles. The molecule has 0 N–H and O–H groups in total. The molecular formula is C18H14ClNO4. The third kappa shape index (κ3) is 2.78. The second-order valence-corrected chi connectivity index (χ2v) is 5.81. The van der Waals surface area contributed by atoms with Gasteiger partial charge in [0.05, 0.1) is 17.0 Å². The van der Waals surface area contributed by atoms with Crippen LogP contribution in [0, 0.1) is 0 Å². The summed E-state index contributed by atoms with van der Waals surface area (Å²) in [5.74, 6) is -2.56. The zero-order valence-electron chi connectivity index (χ0n) is 12.9. The first kappa shape index (κ1) is 16.2. The van der Waals surface area contributed by atoms with Crippen LogP contribution in [0.3, 0.4) is 0 Å². The van der Waals surface area contributed by atoms with Crippen LogP contribution in [0.5, 0.6) is 0 Å². The van der Waals surface area contributed by atoms with Crippen molar-refractivity contribution >= 4 is 29.4 Å². The Labute approximate surface area is 143 Å². The predicted molar refractivity (Wildman–Crippen MR) is 87.5 cm³/mol. The molecule has 5 nitrogen and oxygen atoms in total. The lowest BCUT2D eigenvalue weighted by molar-refractivity contribution is -0.170. The van der Waals surface area contributed by atoms with E-state index in [-0.39, 0.29) is 11.1 Å². The number of rotatable bonds is 4. The number of imide groups is 1. The van der Waals surface area contributed by atoms with Crippen molar-refractivity contribution in [2.75, 3.05) is 0 Å². The number of nitrogens with zero attached hydrogens (tertiary/aromatic N) is 1. The molecule has 122 valence electrons. The van der Waals surface area contributed by atoms with Crippen molar-refractivity contribution in [1.29, 1.82) is 0 Å². The van der Waals surface area contributed by atoms with Crippen LogP contribution in [-0.2, 0) is 9.63 Å². The molecule has 24 heavy (non-hydrogen) atoms. The third-order valence-corrected chi connectivity index (χ3v) is 4.12. The number of hydrogen-bond donors (Lipinski definition) is 0. The van der Waals surface area contributed by atoms with E-state index in [9.17, 15) is 14.4 Å². The second kappa shape index (κ2) is 6.45. The van der Waals surface area contributed by atoms with Gasteiger partial charge in [0.2, 0.25) is 0 Å². The maximum atomic E-state index is 12.5. The zero-order valence-corrected chi connectivity index (χ0v) is 13.6. The highest BCUT2D eigenvalue weighted by Crippen LogP contribution is 2.27. The summed E-state index contributed by atoms with van der Waals surface area (Å²) in [6.45, 7) is 1.81. The molecule has 1 atom stereocenters. The largest absolute Gasteiger partial charge is 0.340 e. The Hall–Kier alpha value is -2.66. The van der Waals surface area contributed by atoms with E-state index in [0.29, 0.717) is 22.1 Å². The topological polar surface area (TPSA) is 63.7 Å². The van der Waals surface area contributed by atoms with E-state index < -0.39 is 23.7 Å². The highest BCUT2D eigenvalue weighted by molar-refractivity contribution is 6.30. The summed E-state index contributed by atoms with van der Waals surface area (Å²) in [6.07, 6.45) is 0.447. The number of carbonyl (C=O) groups excluding carboxylic acids is 3. The fourth-order valence-corrected chi connectivity index (χ4v) is 2.86. The van der Waals surface area contributed by atoms with E-state index in [1.54, 1.807) is 36.4 Å². The number of halogens is 1. The fraction of sp³-hybridized carbons (Fsp3) is 0.167. The molecule has 3 rings (SSSR count). The maximum Gasteiger partial charge on any atom is 0.340 e. The molecule has 0 fully saturated rings. The average molecular weight is 344 g/mol. The summed E-state index contributed by atoms with van der Waals surface area (Å²) >= 11 is 5.96. The summed E-state index contributed by atoms with van der Waals surface area (Å²) in [5.41, 5.74) is 1.13. The molecule has 6 heteroatoms. The number of fused-ring (bicyclic) bond motifs is 1. The lowest BCUT2D eigenvalue weighted by Crippen LogP contribution is -2.34. The molecule has 0 saturated heterocycles. The van der Waals surface area contributed by atoms with Crippen LogP contribution in [0.25, 0.3) is 0 Å². The number of hydroxylamine groups is 2. The van der Waals surface area contributed by atoms with Gasteiger partial charge in [-0.05, 0) is 36.2 Å². The van der Waals surface area contributed by atoms with Gasteiger partial charge >= 0.3 is 5.97 Å². The summed E-state index contributed by atoms with van der Waals surface area (Å²) in [7, 11) is 0. The first-order valence-electron chi connectivity index (χ1n) is 7.48. The minimum Gasteiger partial charge on any atom is -0.329 e. The summed E-state index contributed by atoms with van der Waals surface area (Å²) in [5, 5.41) is 1.03. The lowest BCUT2D eigenvalue weighted by atomic mass is 9.97. The normalized spacial score (nSPS) is 14.5. The van der Waals surface area contributed by atoms with Crippen molar-refractivity contribution in [3.8, 4) is 0 Å². The molecule has 2 aromatic carbocycles. The SMILES string of the molecule is CCC(C(=O)ON1C(=O)c2ccccc2C1=O)c1cccc(Cl)c1. The highest BCUT2D eigenvalue weighted by atomic mass is 35.5. The van der Waals surface area contributed by atoms with Crippen molar-refractivity contribution in [3.05, 3.63) is 70.2 Å². The van der Waals surface area contributed by atoms with Crippen LogP contribution in [0.15, 0.2) is 48.5 Å². The van der Waals surface area contributed by atoms with Crippen LogP contribution in [0.1, 0.15) is 45.5 Å². The molecule has 1 unspecified atom stereocenters. The van der Waals surface area contributed by atoms with Gasteiger partial charge in [-0.1, -0.05) is 47.9 Å². The van der Waals surface area contributed by atoms with Gasteiger partial charge in [-0.2, -0.15) is 0 Å². The standard InChI is InChI=1S/C18H14ClNO4/c1-2-13(11-6-5-7-12(19)10-11)18(23)24-20-16(21)14-8-3-4-9-15(14)17(20)22/h3-10,13H,2H2,1H3. The van der Waals surface area contributed by atoms with Crippen LogP contribution >= 0.6 is 11.6 Å². The Morgan fingerprint density at radius 2 is 1.71 bits per heavy atom. The minimum absolute atomic E-state index is 0.228. The predicted octanol–water partition coefficient (Wildman–Crippen LogP) is 3.59. The van der Waals surface area contributed by atoms with Gasteiger partial charge in [0.1, 0.15) is 0 Å². The quantitative estimate of drug-likeness (QED) is 0.796.